The molecular weight excluding hydrogens is 240 g/mol. The maximum atomic E-state index is 11.5. The second-order valence-corrected chi connectivity index (χ2v) is 7.14. The first-order valence-electron chi connectivity index (χ1n) is 6.48. The minimum absolute atomic E-state index is 0.114. The molecule has 0 fully saturated rings. The predicted octanol–water partition coefficient (Wildman–Crippen LogP) is 3.99. The molecule has 3 heteroatoms. The average molecular weight is 264 g/mol. The Hall–Kier alpha value is -1.51. The lowest BCUT2D eigenvalue weighted by Gasteiger charge is -2.29. The van der Waals surface area contributed by atoms with Crippen LogP contribution in [0.15, 0.2) is 6.07 Å². The molecule has 0 spiro atoms. The van der Waals surface area contributed by atoms with Crippen LogP contribution in [0, 0.1) is 6.92 Å². The second kappa shape index (κ2) is 4.55. The summed E-state index contributed by atoms with van der Waals surface area (Å²) >= 11 is 0. The Morgan fingerprint density at radius 3 is 1.84 bits per heavy atom. The third-order valence-corrected chi connectivity index (χ3v) is 3.27. The molecule has 0 aliphatic rings. The Bertz CT molecular complexity index is 514. The summed E-state index contributed by atoms with van der Waals surface area (Å²) < 4.78 is 0. The van der Waals surface area contributed by atoms with Crippen molar-refractivity contribution in [3.8, 4) is 5.75 Å². The van der Waals surface area contributed by atoms with Gasteiger partial charge in [-0.1, -0.05) is 47.6 Å². The lowest BCUT2D eigenvalue weighted by Crippen LogP contribution is -2.22. The zero-order valence-electron chi connectivity index (χ0n) is 12.9. The maximum Gasteiger partial charge on any atom is 0.336 e. The molecule has 0 aliphatic carbocycles. The van der Waals surface area contributed by atoms with Crippen LogP contribution in [0.5, 0.6) is 5.75 Å². The van der Waals surface area contributed by atoms with E-state index in [1.807, 2.05) is 41.5 Å². The normalized spacial score (nSPS) is 12.6. The fourth-order valence-corrected chi connectivity index (χ4v) is 2.38. The summed E-state index contributed by atoms with van der Waals surface area (Å²) in [7, 11) is 0. The molecule has 0 radical (unpaired) electrons. The van der Waals surface area contributed by atoms with Crippen LogP contribution < -0.4 is 0 Å². The number of aromatic hydroxyl groups is 1. The summed E-state index contributed by atoms with van der Waals surface area (Å²) in [5, 5.41) is 20.0. The standard InChI is InChI=1S/C16H24O3/c1-9-8-10(15(2,3)4)13(17)12(16(5,6)7)11(9)14(18)19/h8,17H,1-7H3,(H,18,19). The van der Waals surface area contributed by atoms with E-state index < -0.39 is 11.4 Å². The van der Waals surface area contributed by atoms with Gasteiger partial charge in [-0.15, -0.1) is 0 Å². The van der Waals surface area contributed by atoms with Gasteiger partial charge < -0.3 is 10.2 Å². The highest BCUT2D eigenvalue weighted by atomic mass is 16.4. The molecule has 0 bridgehead atoms. The van der Waals surface area contributed by atoms with Crippen molar-refractivity contribution in [2.24, 2.45) is 0 Å². The van der Waals surface area contributed by atoms with E-state index in [0.717, 1.165) is 5.56 Å². The maximum absolute atomic E-state index is 11.5. The third kappa shape index (κ3) is 2.91. The number of aryl methyl sites for hydroxylation is 1. The number of rotatable bonds is 1. The third-order valence-electron chi connectivity index (χ3n) is 3.27. The molecule has 19 heavy (non-hydrogen) atoms. The first-order valence-corrected chi connectivity index (χ1v) is 6.48. The molecule has 1 aromatic rings. The van der Waals surface area contributed by atoms with Crippen LogP contribution in [0.25, 0.3) is 0 Å². The molecule has 0 amide bonds. The summed E-state index contributed by atoms with van der Waals surface area (Å²) in [6.07, 6.45) is 0. The van der Waals surface area contributed by atoms with E-state index in [0.29, 0.717) is 11.1 Å². The van der Waals surface area contributed by atoms with E-state index in [2.05, 4.69) is 0 Å². The largest absolute Gasteiger partial charge is 0.507 e. The second-order valence-electron chi connectivity index (χ2n) is 7.14. The highest BCUT2D eigenvalue weighted by Gasteiger charge is 2.31. The molecular formula is C16H24O3. The number of benzene rings is 1. The van der Waals surface area contributed by atoms with E-state index >= 15 is 0 Å². The number of carboxylic acid groups (broad SMARTS) is 1. The van der Waals surface area contributed by atoms with Gasteiger partial charge in [-0.2, -0.15) is 0 Å². The average Bonchev–Trinajstić information content (AvgIpc) is 2.16. The monoisotopic (exact) mass is 264 g/mol. The zero-order chi connectivity index (χ0) is 15.2. The first kappa shape index (κ1) is 15.5. The van der Waals surface area contributed by atoms with E-state index in [-0.39, 0.29) is 16.7 Å². The van der Waals surface area contributed by atoms with Crippen molar-refractivity contribution in [2.75, 3.05) is 0 Å². The molecule has 0 atom stereocenters. The van der Waals surface area contributed by atoms with Gasteiger partial charge in [0.1, 0.15) is 5.75 Å². The van der Waals surface area contributed by atoms with Crippen molar-refractivity contribution in [2.45, 2.75) is 59.3 Å². The van der Waals surface area contributed by atoms with Gasteiger partial charge in [0, 0.05) is 5.56 Å². The minimum Gasteiger partial charge on any atom is -0.507 e. The van der Waals surface area contributed by atoms with Gasteiger partial charge in [-0.25, -0.2) is 4.79 Å². The number of carbonyl (C=O) groups is 1. The van der Waals surface area contributed by atoms with Gasteiger partial charge in [0.15, 0.2) is 0 Å². The quantitative estimate of drug-likeness (QED) is 0.806. The Kier molecular flexibility index (Phi) is 3.72. The Balaban J connectivity index is 3.84. The van der Waals surface area contributed by atoms with Crippen molar-refractivity contribution in [3.05, 3.63) is 28.3 Å². The number of aromatic carboxylic acids is 1. The highest BCUT2D eigenvalue weighted by molar-refractivity contribution is 5.93. The topological polar surface area (TPSA) is 57.5 Å². The number of hydrogen-bond acceptors (Lipinski definition) is 2. The molecule has 3 nitrogen and oxygen atoms in total. The Morgan fingerprint density at radius 2 is 1.53 bits per heavy atom. The van der Waals surface area contributed by atoms with Gasteiger partial charge >= 0.3 is 5.97 Å². The lowest BCUT2D eigenvalue weighted by atomic mass is 9.76. The summed E-state index contributed by atoms with van der Waals surface area (Å²) in [6, 6.07) is 1.79. The molecule has 0 unspecified atom stereocenters. The minimum atomic E-state index is -0.988. The van der Waals surface area contributed by atoms with Crippen LogP contribution in [0.1, 0.15) is 68.6 Å². The molecule has 0 aromatic heterocycles. The van der Waals surface area contributed by atoms with E-state index in [1.165, 1.54) is 0 Å². The fourth-order valence-electron chi connectivity index (χ4n) is 2.38. The lowest BCUT2D eigenvalue weighted by molar-refractivity contribution is 0.0692. The predicted molar refractivity (Wildman–Crippen MR) is 77.2 cm³/mol. The van der Waals surface area contributed by atoms with Crippen molar-refractivity contribution in [1.82, 2.24) is 0 Å². The van der Waals surface area contributed by atoms with Crippen LogP contribution in [0.4, 0.5) is 0 Å². The van der Waals surface area contributed by atoms with Crippen molar-refractivity contribution in [3.63, 3.8) is 0 Å². The van der Waals surface area contributed by atoms with Gasteiger partial charge in [0.05, 0.1) is 5.56 Å². The number of hydrogen-bond donors (Lipinski definition) is 2. The van der Waals surface area contributed by atoms with Gasteiger partial charge in [-0.05, 0) is 28.9 Å². The zero-order valence-corrected chi connectivity index (χ0v) is 12.9. The fraction of sp³-hybridized carbons (Fsp3) is 0.562. The summed E-state index contributed by atoms with van der Waals surface area (Å²) in [5.41, 5.74) is 1.57. The van der Waals surface area contributed by atoms with Gasteiger partial charge in [0.25, 0.3) is 0 Å². The molecule has 0 saturated carbocycles. The van der Waals surface area contributed by atoms with Crippen molar-refractivity contribution >= 4 is 5.97 Å². The van der Waals surface area contributed by atoms with Gasteiger partial charge in [0.2, 0.25) is 0 Å². The SMILES string of the molecule is Cc1cc(C(C)(C)C)c(O)c(C(C)(C)C)c1C(=O)O. The van der Waals surface area contributed by atoms with Crippen LogP contribution in [0.2, 0.25) is 0 Å². The van der Waals surface area contributed by atoms with Crippen molar-refractivity contribution < 1.29 is 15.0 Å². The smallest absolute Gasteiger partial charge is 0.336 e. The van der Waals surface area contributed by atoms with Crippen LogP contribution in [0.3, 0.4) is 0 Å². The van der Waals surface area contributed by atoms with E-state index in [4.69, 9.17) is 0 Å². The summed E-state index contributed by atoms with van der Waals surface area (Å²) in [4.78, 5) is 11.5. The summed E-state index contributed by atoms with van der Waals surface area (Å²) in [5.74, 6) is -0.874. The molecule has 106 valence electrons. The van der Waals surface area contributed by atoms with E-state index in [1.54, 1.807) is 13.0 Å². The van der Waals surface area contributed by atoms with Crippen molar-refractivity contribution in [1.29, 1.82) is 0 Å². The Labute approximate surface area is 115 Å². The molecule has 2 N–H and O–H groups in total. The van der Waals surface area contributed by atoms with E-state index in [9.17, 15) is 15.0 Å². The molecule has 0 heterocycles. The van der Waals surface area contributed by atoms with Crippen LogP contribution >= 0.6 is 0 Å². The molecule has 1 rings (SSSR count). The first-order chi connectivity index (χ1) is 8.37. The van der Waals surface area contributed by atoms with Crippen LogP contribution in [-0.2, 0) is 10.8 Å². The van der Waals surface area contributed by atoms with Crippen LogP contribution in [-0.4, -0.2) is 16.2 Å². The van der Waals surface area contributed by atoms with Gasteiger partial charge in [-0.3, -0.25) is 0 Å². The molecule has 0 aliphatic heterocycles. The number of phenols is 1. The summed E-state index contributed by atoms with van der Waals surface area (Å²) in [6.45, 7) is 13.6. The highest BCUT2D eigenvalue weighted by Crippen LogP contribution is 2.42. The number of carboxylic acids is 1. The molecule has 1 aromatic carbocycles. The molecule has 0 saturated heterocycles. The number of phenolic OH excluding ortho intramolecular Hbond substituents is 1. The Morgan fingerprint density at radius 1 is 1.05 bits per heavy atom.